The van der Waals surface area contributed by atoms with Crippen LogP contribution in [0.25, 0.3) is 104 Å². The third-order valence-corrected chi connectivity index (χ3v) is 10.3. The lowest BCUT2D eigenvalue weighted by Gasteiger charge is -2.08. The van der Waals surface area contributed by atoms with Gasteiger partial charge in [-0.25, -0.2) is 29.8 Å². The lowest BCUT2D eigenvalue weighted by Crippen LogP contribution is -2.00. The number of hydrogen-bond donors (Lipinski definition) is 0. The molecule has 0 radical (unpaired) electrons. The van der Waals surface area contributed by atoms with Gasteiger partial charge in [0.25, 0.3) is 0 Å². The molecule has 4 heterocycles. The highest BCUT2D eigenvalue weighted by molar-refractivity contribution is 7.26. The molecule has 0 aliphatic heterocycles. The molecule has 10 aromatic rings. The number of aromatic nitrogens is 5. The van der Waals surface area contributed by atoms with Gasteiger partial charge in [0.15, 0.2) is 29.0 Å². The first kappa shape index (κ1) is 29.8. The summed E-state index contributed by atoms with van der Waals surface area (Å²) in [5.74, 6) is 2.39. The molecule has 0 N–H and O–H groups in total. The summed E-state index contributed by atoms with van der Waals surface area (Å²) >= 11 is 1.67. The second kappa shape index (κ2) is 12.1. The van der Waals surface area contributed by atoms with Crippen molar-refractivity contribution >= 4 is 59.3 Å². The minimum atomic E-state index is 0.565. The van der Waals surface area contributed by atoms with Crippen LogP contribution in [0.1, 0.15) is 0 Å². The second-order valence-electron chi connectivity index (χ2n) is 12.4. The summed E-state index contributed by atoms with van der Waals surface area (Å²) in [6.07, 6.45) is 0. The normalized spacial score (nSPS) is 11.4. The van der Waals surface area contributed by atoms with Gasteiger partial charge in [-0.2, -0.15) is 0 Å². The monoisotopic (exact) mass is 684 g/mol. The highest BCUT2D eigenvalue weighted by Gasteiger charge is 2.19. The first-order valence-corrected chi connectivity index (χ1v) is 17.5. The van der Waals surface area contributed by atoms with Crippen LogP contribution in [0.3, 0.4) is 0 Å². The fraction of sp³-hybridized carbons (Fsp3) is 0. The van der Waals surface area contributed by atoms with E-state index < -0.39 is 0 Å². The van der Waals surface area contributed by atoms with Crippen LogP contribution in [0.5, 0.6) is 0 Å². The van der Waals surface area contributed by atoms with E-state index >= 15 is 0 Å². The quantitative estimate of drug-likeness (QED) is 0.168. The van der Waals surface area contributed by atoms with Crippen molar-refractivity contribution in [2.75, 3.05) is 0 Å². The lowest BCUT2D eigenvalue weighted by atomic mass is 10.1. The van der Waals surface area contributed by atoms with E-state index in [-0.39, 0.29) is 0 Å². The molecule has 4 aromatic heterocycles. The standard InChI is InChI=1S/C44H24N6OS/c1-45-31-16-10-15-28(23-31)38-40-39(33-17-8-9-18-37(33)52-40)47-43(46-38)29-20-22-35-34(24-29)32-21-19-30(25-36(32)51-35)44-49-41(26-11-4-2-5-12-26)48-42(50-44)27-13-6-3-7-14-27/h2-25H. The predicted octanol–water partition coefficient (Wildman–Crippen LogP) is 11.8. The summed E-state index contributed by atoms with van der Waals surface area (Å²) in [7, 11) is 0. The van der Waals surface area contributed by atoms with E-state index in [1.165, 1.54) is 0 Å². The van der Waals surface area contributed by atoms with Gasteiger partial charge in [0.05, 0.1) is 22.5 Å². The van der Waals surface area contributed by atoms with Crippen LogP contribution in [0, 0.1) is 6.57 Å². The van der Waals surface area contributed by atoms with Crippen molar-refractivity contribution in [3.05, 3.63) is 157 Å². The van der Waals surface area contributed by atoms with Gasteiger partial charge >= 0.3 is 0 Å². The molecule has 10 rings (SSSR count). The summed E-state index contributed by atoms with van der Waals surface area (Å²) in [6.45, 7) is 7.59. The van der Waals surface area contributed by atoms with Crippen LogP contribution in [0.15, 0.2) is 150 Å². The van der Waals surface area contributed by atoms with Gasteiger partial charge < -0.3 is 4.42 Å². The molecule has 0 aliphatic rings. The Kier molecular flexibility index (Phi) is 6.91. The Hall–Kier alpha value is -7.08. The average molecular weight is 685 g/mol. The molecule has 6 aromatic carbocycles. The molecule has 0 saturated carbocycles. The Bertz CT molecular complexity index is 2980. The van der Waals surface area contributed by atoms with Crippen LogP contribution in [-0.4, -0.2) is 24.9 Å². The Labute approximate surface area is 301 Å². The smallest absolute Gasteiger partial charge is 0.187 e. The molecule has 0 atom stereocenters. The van der Waals surface area contributed by atoms with Crippen molar-refractivity contribution in [2.24, 2.45) is 0 Å². The maximum absolute atomic E-state index is 7.59. The van der Waals surface area contributed by atoms with Crippen LogP contribution >= 0.6 is 11.3 Å². The van der Waals surface area contributed by atoms with E-state index in [9.17, 15) is 0 Å². The van der Waals surface area contributed by atoms with Crippen molar-refractivity contribution in [1.82, 2.24) is 24.9 Å². The molecule has 8 heteroatoms. The number of benzene rings is 6. The molecule has 52 heavy (non-hydrogen) atoms. The summed E-state index contributed by atoms with van der Waals surface area (Å²) in [5.41, 5.74) is 8.19. The number of hydrogen-bond acceptors (Lipinski definition) is 7. The number of nitrogens with zero attached hydrogens (tertiary/aromatic N) is 6. The Morgan fingerprint density at radius 2 is 1.10 bits per heavy atom. The first-order valence-electron chi connectivity index (χ1n) is 16.7. The molecule has 0 amide bonds. The van der Waals surface area contributed by atoms with Crippen molar-refractivity contribution in [2.45, 2.75) is 0 Å². The minimum absolute atomic E-state index is 0.565. The van der Waals surface area contributed by atoms with Gasteiger partial charge in [-0.1, -0.05) is 103 Å². The maximum Gasteiger partial charge on any atom is 0.187 e. The third kappa shape index (κ3) is 5.07. The molecular weight excluding hydrogens is 661 g/mol. The number of rotatable bonds is 5. The number of furan rings is 1. The third-order valence-electron chi connectivity index (χ3n) is 9.16. The Morgan fingerprint density at radius 1 is 0.462 bits per heavy atom. The largest absolute Gasteiger partial charge is 0.456 e. The second-order valence-corrected chi connectivity index (χ2v) is 13.4. The van der Waals surface area contributed by atoms with Crippen LogP contribution in [-0.2, 0) is 0 Å². The SMILES string of the molecule is [C-]#[N+]c1cccc(-c2nc(-c3ccc4oc5cc(-c6nc(-c7ccccc7)nc(-c7ccccc7)n6)ccc5c4c3)nc3c2sc2ccccc23)c1. The zero-order valence-electron chi connectivity index (χ0n) is 27.4. The number of thiophene rings is 1. The molecule has 0 saturated heterocycles. The van der Waals surface area contributed by atoms with E-state index in [4.69, 9.17) is 35.9 Å². The highest BCUT2D eigenvalue weighted by Crippen LogP contribution is 2.41. The highest BCUT2D eigenvalue weighted by atomic mass is 32.1. The molecule has 7 nitrogen and oxygen atoms in total. The minimum Gasteiger partial charge on any atom is -0.456 e. The fourth-order valence-electron chi connectivity index (χ4n) is 6.63. The Balaban J connectivity index is 1.11. The summed E-state index contributed by atoms with van der Waals surface area (Å²) < 4.78 is 8.57. The first-order chi connectivity index (χ1) is 25.7. The van der Waals surface area contributed by atoms with Gasteiger partial charge in [-0.3, -0.25) is 0 Å². The van der Waals surface area contributed by atoms with Gasteiger partial charge in [-0.15, -0.1) is 11.3 Å². The van der Waals surface area contributed by atoms with Crippen molar-refractivity contribution < 1.29 is 4.42 Å². The van der Waals surface area contributed by atoms with Gasteiger partial charge in [0.2, 0.25) is 0 Å². The molecule has 0 aliphatic carbocycles. The van der Waals surface area contributed by atoms with Crippen molar-refractivity contribution in [3.63, 3.8) is 0 Å². The van der Waals surface area contributed by atoms with E-state index in [0.717, 1.165) is 75.8 Å². The summed E-state index contributed by atoms with van der Waals surface area (Å²) in [5, 5.41) is 3.01. The topological polar surface area (TPSA) is 82.0 Å². The molecule has 0 spiro atoms. The maximum atomic E-state index is 7.59. The zero-order chi connectivity index (χ0) is 34.6. The lowest BCUT2D eigenvalue weighted by molar-refractivity contribution is 0.669. The summed E-state index contributed by atoms with van der Waals surface area (Å²) in [6, 6.07) is 48.0. The van der Waals surface area contributed by atoms with Crippen LogP contribution in [0.4, 0.5) is 5.69 Å². The average Bonchev–Trinajstić information content (AvgIpc) is 3.78. The van der Waals surface area contributed by atoms with Crippen LogP contribution in [0.2, 0.25) is 0 Å². The van der Waals surface area contributed by atoms with Gasteiger partial charge in [0, 0.05) is 43.1 Å². The van der Waals surface area contributed by atoms with E-state index in [2.05, 4.69) is 29.1 Å². The van der Waals surface area contributed by atoms with E-state index in [1.54, 1.807) is 11.3 Å². The van der Waals surface area contributed by atoms with Gasteiger partial charge in [0.1, 0.15) is 11.2 Å². The molecular formula is C44H24N6OS. The molecule has 0 unspecified atom stereocenters. The number of fused-ring (bicyclic) bond motifs is 6. The fourth-order valence-corrected chi connectivity index (χ4v) is 7.79. The Morgan fingerprint density at radius 3 is 1.85 bits per heavy atom. The zero-order valence-corrected chi connectivity index (χ0v) is 28.2. The van der Waals surface area contributed by atoms with Crippen molar-refractivity contribution in [1.29, 1.82) is 0 Å². The van der Waals surface area contributed by atoms with Crippen molar-refractivity contribution in [3.8, 4) is 56.8 Å². The summed E-state index contributed by atoms with van der Waals surface area (Å²) in [4.78, 5) is 28.6. The molecule has 0 fully saturated rings. The van der Waals surface area contributed by atoms with E-state index in [1.807, 2.05) is 121 Å². The van der Waals surface area contributed by atoms with Gasteiger partial charge in [-0.05, 0) is 48.0 Å². The van der Waals surface area contributed by atoms with E-state index in [0.29, 0.717) is 29.0 Å². The van der Waals surface area contributed by atoms with Crippen LogP contribution < -0.4 is 0 Å². The predicted molar refractivity (Wildman–Crippen MR) is 209 cm³/mol. The molecule has 0 bridgehead atoms. The molecule has 242 valence electrons.